The fourth-order valence-electron chi connectivity index (χ4n) is 0.805. The molecule has 60 valence electrons. The van der Waals surface area contributed by atoms with Crippen molar-refractivity contribution in [2.24, 2.45) is 0 Å². The molecule has 0 aliphatic heterocycles. The Hall–Kier alpha value is 0.432. The van der Waals surface area contributed by atoms with E-state index in [0.717, 1.165) is 6.42 Å². The van der Waals surface area contributed by atoms with Crippen LogP contribution in [0.1, 0.15) is 25.7 Å². The second-order valence-electron chi connectivity index (χ2n) is 2.04. The van der Waals surface area contributed by atoms with Crippen molar-refractivity contribution in [2.45, 2.75) is 25.7 Å². The van der Waals surface area contributed by atoms with E-state index in [1.165, 1.54) is 19.3 Å². The van der Waals surface area contributed by atoms with Crippen molar-refractivity contribution in [2.75, 3.05) is 0 Å². The van der Waals surface area contributed by atoms with Crippen molar-refractivity contribution in [3.8, 4) is 0 Å². The van der Waals surface area contributed by atoms with Crippen LogP contribution in [0.5, 0.6) is 0 Å². The molecule has 0 N–H and O–H groups in total. The Morgan fingerprint density at radius 3 is 2.90 bits per heavy atom. The van der Waals surface area contributed by atoms with Gasteiger partial charge >= 0.3 is 27.7 Å². The zero-order chi connectivity index (χ0) is 7.66. The van der Waals surface area contributed by atoms with E-state index in [9.17, 15) is 0 Å². The van der Waals surface area contributed by atoms with Crippen LogP contribution >= 0.6 is 9.53 Å². The van der Waals surface area contributed by atoms with E-state index in [1.807, 2.05) is 6.08 Å². The van der Waals surface area contributed by atoms with Gasteiger partial charge in [-0.05, 0) is 0 Å². The minimum atomic E-state index is 1.14. The summed E-state index contributed by atoms with van der Waals surface area (Å²) in [6.07, 6.45) is 14.5. The Labute approximate surface area is 77.7 Å². The summed E-state index contributed by atoms with van der Waals surface area (Å²) in [4.78, 5) is 0. The zero-order valence-electron chi connectivity index (χ0n) is 5.75. The van der Waals surface area contributed by atoms with Crippen LogP contribution in [0.4, 0.5) is 0 Å². The molecular weight excluding hydrogens is 238 g/mol. The topological polar surface area (TPSA) is 0 Å². The number of hydrogen-bond donors (Lipinski definition) is 0. The van der Waals surface area contributed by atoms with E-state index >= 15 is 0 Å². The predicted molar refractivity (Wildman–Crippen MR) is 41.3 cm³/mol. The molecule has 0 aromatic rings. The Morgan fingerprint density at radius 1 is 1.30 bits per heavy atom. The summed E-state index contributed by atoms with van der Waals surface area (Å²) in [7, 11) is 4.49. The van der Waals surface area contributed by atoms with Crippen LogP contribution in [0.15, 0.2) is 18.2 Å². The van der Waals surface area contributed by atoms with E-state index in [0.29, 0.717) is 0 Å². The summed E-state index contributed by atoms with van der Waals surface area (Å²) in [6, 6.07) is 0. The molecule has 1 rings (SSSR count). The average molecular weight is 249 g/mol. The maximum absolute atomic E-state index is 4.49. The SMILES string of the molecule is [C-]1=CC=CCCCC1.[Cl][Pd+]. The number of rotatable bonds is 0. The third-order valence-electron chi connectivity index (χ3n) is 1.29. The molecule has 0 radical (unpaired) electrons. The van der Waals surface area contributed by atoms with Crippen LogP contribution in [-0.2, 0) is 18.2 Å². The van der Waals surface area contributed by atoms with Gasteiger partial charge in [0.25, 0.3) is 0 Å². The minimum absolute atomic E-state index is 1.14. The number of hydrogen-bond acceptors (Lipinski definition) is 0. The zero-order valence-corrected chi connectivity index (χ0v) is 8.07. The van der Waals surface area contributed by atoms with Crippen LogP contribution in [0, 0.1) is 6.08 Å². The molecule has 1 aliphatic rings. The first-order valence-electron chi connectivity index (χ1n) is 3.34. The van der Waals surface area contributed by atoms with Gasteiger partial charge in [-0.1, -0.05) is 19.3 Å². The second kappa shape index (κ2) is 9.43. The van der Waals surface area contributed by atoms with Gasteiger partial charge in [-0.15, -0.1) is 6.42 Å². The van der Waals surface area contributed by atoms with E-state index in [2.05, 4.69) is 45.9 Å². The first kappa shape index (κ1) is 10.4. The first-order chi connectivity index (χ1) is 5.00. The molecule has 0 saturated heterocycles. The summed E-state index contributed by atoms with van der Waals surface area (Å²) in [5.41, 5.74) is 0. The molecule has 0 heterocycles. The Morgan fingerprint density at radius 2 is 2.10 bits per heavy atom. The van der Waals surface area contributed by atoms with Crippen LogP contribution in [0.25, 0.3) is 0 Å². The van der Waals surface area contributed by atoms with E-state index in [1.54, 1.807) is 0 Å². The van der Waals surface area contributed by atoms with Gasteiger partial charge in [0.2, 0.25) is 0 Å². The molecule has 0 saturated carbocycles. The molecule has 0 unspecified atom stereocenters. The fraction of sp³-hybridized carbons (Fsp3) is 0.500. The van der Waals surface area contributed by atoms with Crippen molar-refractivity contribution in [3.05, 3.63) is 24.3 Å². The van der Waals surface area contributed by atoms with Crippen molar-refractivity contribution < 1.29 is 18.2 Å². The summed E-state index contributed by atoms with van der Waals surface area (Å²) >= 11 is 2.22. The predicted octanol–water partition coefficient (Wildman–Crippen LogP) is 3.16. The third kappa shape index (κ3) is 6.55. The second-order valence-corrected chi connectivity index (χ2v) is 2.04. The molecule has 2 heteroatoms. The fourth-order valence-corrected chi connectivity index (χ4v) is 0.805. The van der Waals surface area contributed by atoms with Gasteiger partial charge in [0, 0.05) is 0 Å². The van der Waals surface area contributed by atoms with Gasteiger partial charge in [-0.3, -0.25) is 6.08 Å². The van der Waals surface area contributed by atoms with Gasteiger partial charge < -0.3 is 0 Å². The molecule has 0 aromatic carbocycles. The molecule has 0 spiro atoms. The normalized spacial score (nSPS) is 16.7. The van der Waals surface area contributed by atoms with Crippen molar-refractivity contribution in [3.63, 3.8) is 0 Å². The van der Waals surface area contributed by atoms with Crippen molar-refractivity contribution in [1.29, 1.82) is 0 Å². The monoisotopic (exact) mass is 248 g/mol. The molecule has 0 fully saturated rings. The summed E-state index contributed by atoms with van der Waals surface area (Å²) < 4.78 is 0. The van der Waals surface area contributed by atoms with Gasteiger partial charge in [-0.25, -0.2) is 12.2 Å². The first-order valence-corrected chi connectivity index (χ1v) is 5.34. The Kier molecular flexibility index (Phi) is 9.84. The van der Waals surface area contributed by atoms with E-state index < -0.39 is 0 Å². The average Bonchev–Trinajstić information content (AvgIpc) is 1.90. The molecular formula is C8H11ClPd. The Balaban J connectivity index is 0.000000371. The molecule has 0 atom stereocenters. The molecule has 10 heavy (non-hydrogen) atoms. The number of allylic oxidation sites excluding steroid dienone is 4. The maximum atomic E-state index is 4.49. The van der Waals surface area contributed by atoms with E-state index in [-0.39, 0.29) is 0 Å². The molecule has 0 amide bonds. The summed E-state index contributed by atoms with van der Waals surface area (Å²) in [5, 5.41) is 0. The van der Waals surface area contributed by atoms with Crippen LogP contribution in [0.3, 0.4) is 0 Å². The van der Waals surface area contributed by atoms with Crippen molar-refractivity contribution >= 4 is 9.53 Å². The van der Waals surface area contributed by atoms with E-state index in [4.69, 9.17) is 0 Å². The van der Waals surface area contributed by atoms with Crippen LogP contribution < -0.4 is 0 Å². The van der Waals surface area contributed by atoms with Crippen LogP contribution in [0.2, 0.25) is 0 Å². The molecule has 0 nitrogen and oxygen atoms in total. The number of halogens is 1. The third-order valence-corrected chi connectivity index (χ3v) is 1.29. The van der Waals surface area contributed by atoms with Gasteiger partial charge in [0.15, 0.2) is 0 Å². The van der Waals surface area contributed by atoms with Gasteiger partial charge in [0.05, 0.1) is 0 Å². The quantitative estimate of drug-likeness (QED) is 0.457. The molecule has 1 aliphatic carbocycles. The Bertz CT molecular complexity index is 93.8. The standard InChI is InChI=1S/C8H11.ClH.Pd/c1-2-4-6-8-7-5-3-1;;/h1-3H,4,6-8H2;1H;/q-1;;+2/p-1. The van der Waals surface area contributed by atoms with Gasteiger partial charge in [0.1, 0.15) is 0 Å². The summed E-state index contributed by atoms with van der Waals surface area (Å²) in [6.45, 7) is 0. The molecule has 0 aromatic heterocycles. The summed E-state index contributed by atoms with van der Waals surface area (Å²) in [5.74, 6) is 0. The van der Waals surface area contributed by atoms with Crippen LogP contribution in [-0.4, -0.2) is 0 Å². The van der Waals surface area contributed by atoms with Crippen molar-refractivity contribution in [1.82, 2.24) is 0 Å². The van der Waals surface area contributed by atoms with Gasteiger partial charge in [-0.2, -0.15) is 6.08 Å². The molecule has 0 bridgehead atoms.